The van der Waals surface area contributed by atoms with Crippen LogP contribution in [0.5, 0.6) is 0 Å². The molecule has 0 radical (unpaired) electrons. The molecular formula is C17H17N3O4. The first-order valence-electron chi connectivity index (χ1n) is 7.78. The van der Waals surface area contributed by atoms with E-state index in [1.54, 1.807) is 41.2 Å². The van der Waals surface area contributed by atoms with Gasteiger partial charge in [0.1, 0.15) is 6.10 Å². The van der Waals surface area contributed by atoms with Crippen LogP contribution in [0.3, 0.4) is 0 Å². The average Bonchev–Trinajstić information content (AvgIpc) is 3.19. The minimum Gasteiger partial charge on any atom is -0.348 e. The molecule has 124 valence electrons. The minimum atomic E-state index is -0.594. The van der Waals surface area contributed by atoms with Crippen molar-refractivity contribution in [3.63, 3.8) is 0 Å². The van der Waals surface area contributed by atoms with Crippen molar-refractivity contribution < 1.29 is 19.1 Å². The Hall–Kier alpha value is -2.51. The minimum absolute atomic E-state index is 0.116. The highest BCUT2D eigenvalue weighted by atomic mass is 16.7. The van der Waals surface area contributed by atoms with Crippen LogP contribution < -0.4 is 4.90 Å². The summed E-state index contributed by atoms with van der Waals surface area (Å²) in [4.78, 5) is 26.0. The van der Waals surface area contributed by atoms with E-state index >= 15 is 0 Å². The second-order valence-electron chi connectivity index (χ2n) is 6.34. The number of amides is 2. The lowest BCUT2D eigenvalue weighted by molar-refractivity contribution is -0.139. The highest BCUT2D eigenvalue weighted by Crippen LogP contribution is 2.27. The molecule has 0 aliphatic carbocycles. The number of anilines is 1. The Bertz CT molecular complexity index is 792. The highest BCUT2D eigenvalue weighted by Gasteiger charge is 2.38. The Balaban J connectivity index is 1.54. The van der Waals surface area contributed by atoms with Gasteiger partial charge in [-0.3, -0.25) is 14.3 Å². The van der Waals surface area contributed by atoms with Crippen LogP contribution in [-0.4, -0.2) is 40.1 Å². The number of ether oxygens (including phenoxy) is 2. The molecule has 1 aromatic carbocycles. The molecule has 7 nitrogen and oxygen atoms in total. The monoisotopic (exact) mass is 327 g/mol. The molecule has 2 aliphatic heterocycles. The molecule has 0 N–H and O–H groups in total. The van der Waals surface area contributed by atoms with Crippen LogP contribution in [0.2, 0.25) is 0 Å². The topological polar surface area (TPSA) is 73.7 Å². The number of nitrogens with zero attached hydrogens (tertiary/aromatic N) is 3. The van der Waals surface area contributed by atoms with E-state index in [-0.39, 0.29) is 17.9 Å². The maximum Gasteiger partial charge on any atom is 0.267 e. The smallest absolute Gasteiger partial charge is 0.267 e. The molecule has 1 unspecified atom stereocenters. The Morgan fingerprint density at radius 3 is 2.42 bits per heavy atom. The van der Waals surface area contributed by atoms with E-state index in [0.29, 0.717) is 30.1 Å². The third-order valence-electron chi connectivity index (χ3n) is 4.11. The van der Waals surface area contributed by atoms with E-state index in [1.807, 2.05) is 13.8 Å². The molecule has 0 spiro atoms. The maximum atomic E-state index is 12.5. The number of rotatable bonds is 3. The summed E-state index contributed by atoms with van der Waals surface area (Å²) in [6.45, 7) is 4.70. The SMILES string of the molecule is CC1(C)OCC(Cn2ccc(N3C(=O)c4ccccc4C3=O)n2)O1. The number of imide groups is 1. The summed E-state index contributed by atoms with van der Waals surface area (Å²) >= 11 is 0. The summed E-state index contributed by atoms with van der Waals surface area (Å²) in [5, 5.41) is 4.35. The van der Waals surface area contributed by atoms with Crippen molar-refractivity contribution in [2.24, 2.45) is 0 Å². The third-order valence-corrected chi connectivity index (χ3v) is 4.11. The van der Waals surface area contributed by atoms with E-state index in [1.165, 1.54) is 0 Å². The number of hydrogen-bond acceptors (Lipinski definition) is 5. The van der Waals surface area contributed by atoms with Crippen LogP contribution in [0.15, 0.2) is 36.5 Å². The Labute approximate surface area is 138 Å². The zero-order valence-corrected chi connectivity index (χ0v) is 13.4. The number of hydrogen-bond donors (Lipinski definition) is 0. The van der Waals surface area contributed by atoms with Crippen LogP contribution in [-0.2, 0) is 16.0 Å². The van der Waals surface area contributed by atoms with Gasteiger partial charge in [-0.05, 0) is 26.0 Å². The first kappa shape index (κ1) is 15.0. The summed E-state index contributed by atoms with van der Waals surface area (Å²) in [6, 6.07) is 8.44. The first-order chi connectivity index (χ1) is 11.4. The normalized spacial score (nSPS) is 22.2. The number of benzene rings is 1. The summed E-state index contributed by atoms with van der Waals surface area (Å²) < 4.78 is 12.9. The van der Waals surface area contributed by atoms with Gasteiger partial charge in [-0.25, -0.2) is 4.90 Å². The number of carbonyl (C=O) groups is 2. The standard InChI is InChI=1S/C17H17N3O4/c1-17(2)23-10-11(24-17)9-19-8-7-14(18-19)20-15(21)12-5-3-4-6-13(12)16(20)22/h3-8,11H,9-10H2,1-2H3. The maximum absolute atomic E-state index is 12.5. The summed E-state index contributed by atoms with van der Waals surface area (Å²) in [6.07, 6.45) is 1.61. The van der Waals surface area contributed by atoms with Gasteiger partial charge in [0, 0.05) is 12.3 Å². The molecule has 0 bridgehead atoms. The fourth-order valence-corrected chi connectivity index (χ4v) is 3.03. The van der Waals surface area contributed by atoms with Gasteiger partial charge < -0.3 is 9.47 Å². The molecule has 2 amide bonds. The van der Waals surface area contributed by atoms with Crippen molar-refractivity contribution in [3.05, 3.63) is 47.7 Å². The van der Waals surface area contributed by atoms with Crippen LogP contribution in [0, 0.1) is 0 Å². The lowest BCUT2D eigenvalue weighted by atomic mass is 10.1. The molecule has 2 aromatic rings. The molecule has 0 saturated carbocycles. The first-order valence-corrected chi connectivity index (χ1v) is 7.78. The van der Waals surface area contributed by atoms with Crippen molar-refractivity contribution in [1.29, 1.82) is 0 Å². The molecule has 2 aliphatic rings. The lowest BCUT2D eigenvalue weighted by Gasteiger charge is -2.17. The van der Waals surface area contributed by atoms with Crippen LogP contribution in [0.25, 0.3) is 0 Å². The van der Waals surface area contributed by atoms with Gasteiger partial charge >= 0.3 is 0 Å². The molecule has 1 aromatic heterocycles. The summed E-state index contributed by atoms with van der Waals surface area (Å²) in [7, 11) is 0. The van der Waals surface area contributed by atoms with E-state index in [9.17, 15) is 9.59 Å². The van der Waals surface area contributed by atoms with Crippen LogP contribution in [0.4, 0.5) is 5.82 Å². The molecule has 1 atom stereocenters. The number of carbonyl (C=O) groups excluding carboxylic acids is 2. The van der Waals surface area contributed by atoms with Crippen LogP contribution in [0.1, 0.15) is 34.6 Å². The highest BCUT2D eigenvalue weighted by molar-refractivity contribution is 6.34. The Morgan fingerprint density at radius 1 is 1.17 bits per heavy atom. The second-order valence-corrected chi connectivity index (χ2v) is 6.34. The Morgan fingerprint density at radius 2 is 1.83 bits per heavy atom. The summed E-state index contributed by atoms with van der Waals surface area (Å²) in [5.41, 5.74) is 0.817. The molecule has 24 heavy (non-hydrogen) atoms. The summed E-state index contributed by atoms with van der Waals surface area (Å²) in [5.74, 6) is -0.965. The average molecular weight is 327 g/mol. The predicted molar refractivity (Wildman–Crippen MR) is 84.7 cm³/mol. The Kier molecular flexibility index (Phi) is 3.29. The molecule has 7 heteroatoms. The van der Waals surface area contributed by atoms with Crippen molar-refractivity contribution in [2.75, 3.05) is 11.5 Å². The van der Waals surface area contributed by atoms with E-state index in [4.69, 9.17) is 9.47 Å². The van der Waals surface area contributed by atoms with Gasteiger partial charge in [0.15, 0.2) is 11.6 Å². The van der Waals surface area contributed by atoms with Gasteiger partial charge in [0.05, 0.1) is 24.3 Å². The van der Waals surface area contributed by atoms with E-state index < -0.39 is 5.79 Å². The fraction of sp³-hybridized carbons (Fsp3) is 0.353. The van der Waals surface area contributed by atoms with E-state index in [2.05, 4.69) is 5.10 Å². The van der Waals surface area contributed by atoms with Crippen molar-refractivity contribution in [3.8, 4) is 0 Å². The van der Waals surface area contributed by atoms with E-state index in [0.717, 1.165) is 4.90 Å². The third kappa shape index (κ3) is 2.42. The number of fused-ring (bicyclic) bond motifs is 1. The predicted octanol–water partition coefficient (Wildman–Crippen LogP) is 1.84. The number of aromatic nitrogens is 2. The van der Waals surface area contributed by atoms with Crippen LogP contribution >= 0.6 is 0 Å². The largest absolute Gasteiger partial charge is 0.348 e. The van der Waals surface area contributed by atoms with Gasteiger partial charge in [-0.15, -0.1) is 0 Å². The molecular weight excluding hydrogens is 310 g/mol. The van der Waals surface area contributed by atoms with Gasteiger partial charge in [0.2, 0.25) is 0 Å². The van der Waals surface area contributed by atoms with Gasteiger partial charge in [-0.1, -0.05) is 12.1 Å². The van der Waals surface area contributed by atoms with Crippen molar-refractivity contribution in [1.82, 2.24) is 9.78 Å². The molecule has 3 heterocycles. The second kappa shape index (κ2) is 5.25. The van der Waals surface area contributed by atoms with Crippen molar-refractivity contribution in [2.45, 2.75) is 32.3 Å². The van der Waals surface area contributed by atoms with Crippen molar-refractivity contribution >= 4 is 17.6 Å². The zero-order valence-electron chi connectivity index (χ0n) is 13.4. The molecule has 1 fully saturated rings. The molecule has 1 saturated heterocycles. The fourth-order valence-electron chi connectivity index (χ4n) is 3.03. The van der Waals surface area contributed by atoms with Gasteiger partial charge in [-0.2, -0.15) is 5.10 Å². The quantitative estimate of drug-likeness (QED) is 0.804. The molecule has 4 rings (SSSR count). The zero-order chi connectivity index (χ0) is 16.9. The lowest BCUT2D eigenvalue weighted by Crippen LogP contribution is -2.30. The van der Waals surface area contributed by atoms with Gasteiger partial charge in [0.25, 0.3) is 11.8 Å².